The summed E-state index contributed by atoms with van der Waals surface area (Å²) < 4.78 is 41.9. The number of rotatable bonds is 4. The molecule has 0 atom stereocenters. The molecule has 0 aliphatic rings. The number of hydrogen-bond donors (Lipinski definition) is 1. The zero-order chi connectivity index (χ0) is 16.6. The molecular formula is C15H13ClFN3O2S. The molecule has 0 fully saturated rings. The predicted octanol–water partition coefficient (Wildman–Crippen LogP) is 2.84. The van der Waals surface area contributed by atoms with Crippen molar-refractivity contribution in [1.82, 2.24) is 14.3 Å². The van der Waals surface area contributed by atoms with E-state index in [0.717, 1.165) is 29.2 Å². The minimum absolute atomic E-state index is 0.00121. The average Bonchev–Trinajstić information content (AvgIpc) is 2.82. The van der Waals surface area contributed by atoms with E-state index in [1.807, 2.05) is 35.9 Å². The maximum atomic E-state index is 13.0. The van der Waals surface area contributed by atoms with Crippen molar-refractivity contribution in [3.05, 3.63) is 59.1 Å². The summed E-state index contributed by atoms with van der Waals surface area (Å²) in [5, 5.41) is -0.164. The third kappa shape index (κ3) is 3.08. The van der Waals surface area contributed by atoms with Crippen LogP contribution in [0.25, 0.3) is 11.0 Å². The van der Waals surface area contributed by atoms with Crippen LogP contribution in [0.4, 0.5) is 4.39 Å². The number of benzene rings is 2. The summed E-state index contributed by atoms with van der Waals surface area (Å²) in [7, 11) is -2.05. The summed E-state index contributed by atoms with van der Waals surface area (Å²) in [5.41, 5.74) is 1.69. The van der Waals surface area contributed by atoms with Gasteiger partial charge in [-0.25, -0.2) is 22.5 Å². The largest absolute Gasteiger partial charge is 0.330 e. The van der Waals surface area contributed by atoms with Crippen LogP contribution in [0, 0.1) is 5.82 Å². The van der Waals surface area contributed by atoms with Crippen LogP contribution in [0.15, 0.2) is 47.4 Å². The van der Waals surface area contributed by atoms with E-state index in [1.165, 1.54) is 0 Å². The van der Waals surface area contributed by atoms with Gasteiger partial charge in [-0.05, 0) is 30.3 Å². The zero-order valence-corrected chi connectivity index (χ0v) is 13.7. The minimum Gasteiger partial charge on any atom is -0.330 e. The Morgan fingerprint density at radius 1 is 1.26 bits per heavy atom. The molecule has 0 aliphatic heterocycles. The van der Waals surface area contributed by atoms with Crippen LogP contribution in [-0.4, -0.2) is 18.0 Å². The fourth-order valence-electron chi connectivity index (χ4n) is 2.28. The first-order valence-corrected chi connectivity index (χ1v) is 8.59. The highest BCUT2D eigenvalue weighted by atomic mass is 35.5. The van der Waals surface area contributed by atoms with Gasteiger partial charge in [-0.15, -0.1) is 0 Å². The van der Waals surface area contributed by atoms with Gasteiger partial charge in [0.15, 0.2) is 0 Å². The van der Waals surface area contributed by atoms with Gasteiger partial charge in [0.05, 0.1) is 22.6 Å². The van der Waals surface area contributed by atoms with Crippen molar-refractivity contribution in [3.63, 3.8) is 0 Å². The molecule has 0 amide bonds. The summed E-state index contributed by atoms with van der Waals surface area (Å²) in [5.74, 6) is -0.0303. The molecule has 0 aliphatic carbocycles. The van der Waals surface area contributed by atoms with E-state index in [4.69, 9.17) is 11.6 Å². The van der Waals surface area contributed by atoms with E-state index in [0.29, 0.717) is 5.82 Å². The van der Waals surface area contributed by atoms with Crippen molar-refractivity contribution in [2.24, 2.45) is 7.05 Å². The lowest BCUT2D eigenvalue weighted by Crippen LogP contribution is -2.25. The lowest BCUT2D eigenvalue weighted by Gasteiger charge is -2.08. The first kappa shape index (κ1) is 15.9. The van der Waals surface area contributed by atoms with Crippen LogP contribution < -0.4 is 4.72 Å². The van der Waals surface area contributed by atoms with E-state index < -0.39 is 15.8 Å². The molecule has 0 bridgehead atoms. The molecule has 2 aromatic carbocycles. The molecule has 1 N–H and O–H groups in total. The van der Waals surface area contributed by atoms with Gasteiger partial charge < -0.3 is 4.57 Å². The van der Waals surface area contributed by atoms with Gasteiger partial charge in [-0.2, -0.15) is 0 Å². The molecule has 3 aromatic rings. The molecule has 0 unspecified atom stereocenters. The summed E-state index contributed by atoms with van der Waals surface area (Å²) in [6.07, 6.45) is 0. The molecule has 3 rings (SSSR count). The lowest BCUT2D eigenvalue weighted by atomic mass is 10.3. The Morgan fingerprint density at radius 2 is 2.00 bits per heavy atom. The van der Waals surface area contributed by atoms with Crippen molar-refractivity contribution in [2.75, 3.05) is 0 Å². The Labute approximate surface area is 137 Å². The molecule has 1 aromatic heterocycles. The maximum absolute atomic E-state index is 13.0. The zero-order valence-electron chi connectivity index (χ0n) is 12.1. The second kappa shape index (κ2) is 5.92. The third-order valence-electron chi connectivity index (χ3n) is 3.48. The second-order valence-corrected chi connectivity index (χ2v) is 7.12. The molecular weight excluding hydrogens is 341 g/mol. The smallest absolute Gasteiger partial charge is 0.242 e. The van der Waals surface area contributed by atoms with Crippen molar-refractivity contribution < 1.29 is 12.8 Å². The number of nitrogens with zero attached hydrogens (tertiary/aromatic N) is 2. The van der Waals surface area contributed by atoms with Crippen LogP contribution >= 0.6 is 11.6 Å². The molecule has 0 saturated heterocycles. The first-order valence-electron chi connectivity index (χ1n) is 6.73. The van der Waals surface area contributed by atoms with Crippen molar-refractivity contribution in [2.45, 2.75) is 11.4 Å². The fraction of sp³-hybridized carbons (Fsp3) is 0.133. The highest BCUT2D eigenvalue weighted by molar-refractivity contribution is 7.89. The number of fused-ring (bicyclic) bond motifs is 1. The average molecular weight is 354 g/mol. The number of aromatic nitrogens is 2. The predicted molar refractivity (Wildman–Crippen MR) is 86.1 cm³/mol. The number of hydrogen-bond acceptors (Lipinski definition) is 3. The Morgan fingerprint density at radius 3 is 2.70 bits per heavy atom. The standard InChI is InChI=1S/C15H13ClFN3O2S/c1-20-13-5-3-2-4-12(13)19-15(20)9-18-23(21,22)14-7-6-10(17)8-11(14)16/h2-8,18H,9H2,1H3. The van der Waals surface area contributed by atoms with Crippen LogP contribution in [0.3, 0.4) is 0 Å². The van der Waals surface area contributed by atoms with Crippen LogP contribution in [0.5, 0.6) is 0 Å². The fourth-order valence-corrected chi connectivity index (χ4v) is 3.79. The molecule has 1 heterocycles. The molecule has 8 heteroatoms. The van der Waals surface area contributed by atoms with Crippen molar-refractivity contribution in [3.8, 4) is 0 Å². The molecule has 0 saturated carbocycles. The minimum atomic E-state index is -3.86. The van der Waals surface area contributed by atoms with Gasteiger partial charge in [-0.1, -0.05) is 23.7 Å². The number of para-hydroxylation sites is 2. The molecule has 0 spiro atoms. The van der Waals surface area contributed by atoms with E-state index in [1.54, 1.807) is 0 Å². The number of sulfonamides is 1. The highest BCUT2D eigenvalue weighted by Gasteiger charge is 2.19. The van der Waals surface area contributed by atoms with E-state index in [-0.39, 0.29) is 16.5 Å². The molecule has 5 nitrogen and oxygen atoms in total. The third-order valence-corrected chi connectivity index (χ3v) is 5.37. The van der Waals surface area contributed by atoms with Gasteiger partial charge in [0.2, 0.25) is 10.0 Å². The topological polar surface area (TPSA) is 64.0 Å². The van der Waals surface area contributed by atoms with E-state index >= 15 is 0 Å². The maximum Gasteiger partial charge on any atom is 0.242 e. The molecule has 0 radical (unpaired) electrons. The van der Waals surface area contributed by atoms with Gasteiger partial charge >= 0.3 is 0 Å². The van der Waals surface area contributed by atoms with E-state index in [2.05, 4.69) is 9.71 Å². The SMILES string of the molecule is Cn1c(CNS(=O)(=O)c2ccc(F)cc2Cl)nc2ccccc21. The second-order valence-electron chi connectivity index (χ2n) is 4.98. The Balaban J connectivity index is 1.87. The van der Waals surface area contributed by atoms with Gasteiger partial charge in [0.25, 0.3) is 0 Å². The van der Waals surface area contributed by atoms with Crippen LogP contribution in [0.2, 0.25) is 5.02 Å². The number of nitrogens with one attached hydrogen (secondary N) is 1. The van der Waals surface area contributed by atoms with Crippen LogP contribution in [-0.2, 0) is 23.6 Å². The summed E-state index contributed by atoms with van der Waals surface area (Å²) in [4.78, 5) is 4.22. The monoisotopic (exact) mass is 353 g/mol. The summed E-state index contributed by atoms with van der Waals surface area (Å²) >= 11 is 5.81. The van der Waals surface area contributed by atoms with E-state index in [9.17, 15) is 12.8 Å². The van der Waals surface area contributed by atoms with Gasteiger partial charge in [-0.3, -0.25) is 0 Å². The lowest BCUT2D eigenvalue weighted by molar-refractivity contribution is 0.577. The Kier molecular flexibility index (Phi) is 4.09. The van der Waals surface area contributed by atoms with Gasteiger partial charge in [0.1, 0.15) is 16.5 Å². The quantitative estimate of drug-likeness (QED) is 0.784. The summed E-state index contributed by atoms with van der Waals surface area (Å²) in [6.45, 7) is 0.00121. The van der Waals surface area contributed by atoms with Gasteiger partial charge in [0, 0.05) is 7.05 Å². The normalized spacial score (nSPS) is 12.0. The highest BCUT2D eigenvalue weighted by Crippen LogP contribution is 2.22. The van der Waals surface area contributed by atoms with Crippen molar-refractivity contribution in [1.29, 1.82) is 0 Å². The molecule has 23 heavy (non-hydrogen) atoms. The number of halogens is 2. The number of imidazole rings is 1. The summed E-state index contributed by atoms with van der Waals surface area (Å²) in [6, 6.07) is 10.6. The molecule has 120 valence electrons. The Bertz CT molecular complexity index is 986. The van der Waals surface area contributed by atoms with Crippen LogP contribution in [0.1, 0.15) is 5.82 Å². The first-order chi connectivity index (χ1) is 10.9. The number of aryl methyl sites for hydroxylation is 1. The Hall–Kier alpha value is -1.96. The van der Waals surface area contributed by atoms with Crippen molar-refractivity contribution >= 4 is 32.7 Å².